The van der Waals surface area contributed by atoms with Crippen LogP contribution in [0.2, 0.25) is 10.0 Å². The zero-order chi connectivity index (χ0) is 20.3. The van der Waals surface area contributed by atoms with Gasteiger partial charge < -0.3 is 5.32 Å². The van der Waals surface area contributed by atoms with Crippen molar-refractivity contribution in [2.45, 2.75) is 11.8 Å². The molecular formula is C20H16Cl2N2O3S. The minimum atomic E-state index is -3.91. The van der Waals surface area contributed by atoms with Crippen molar-refractivity contribution in [1.82, 2.24) is 0 Å². The van der Waals surface area contributed by atoms with Gasteiger partial charge in [0.1, 0.15) is 0 Å². The maximum Gasteiger partial charge on any atom is 0.261 e. The van der Waals surface area contributed by atoms with Crippen molar-refractivity contribution in [1.29, 1.82) is 0 Å². The highest BCUT2D eigenvalue weighted by molar-refractivity contribution is 7.92. The van der Waals surface area contributed by atoms with Gasteiger partial charge in [-0.1, -0.05) is 47.5 Å². The van der Waals surface area contributed by atoms with Crippen LogP contribution < -0.4 is 10.0 Å². The van der Waals surface area contributed by atoms with E-state index in [-0.39, 0.29) is 26.5 Å². The highest BCUT2D eigenvalue weighted by atomic mass is 35.5. The van der Waals surface area contributed by atoms with Crippen molar-refractivity contribution in [2.24, 2.45) is 0 Å². The van der Waals surface area contributed by atoms with Gasteiger partial charge in [0.05, 0.1) is 20.6 Å². The molecule has 1 amide bonds. The quantitative estimate of drug-likeness (QED) is 0.567. The van der Waals surface area contributed by atoms with Gasteiger partial charge in [0.15, 0.2) is 0 Å². The standard InChI is InChI=1S/C20H16Cl2N2O3S/c1-13-12-15(28(26,27)24-19-16(21)8-5-9-17(19)22)10-11-18(13)23-20(25)14-6-3-2-4-7-14/h2-12,24H,1H3,(H,23,25). The first-order chi connectivity index (χ1) is 13.3. The lowest BCUT2D eigenvalue weighted by Crippen LogP contribution is -2.15. The van der Waals surface area contributed by atoms with Gasteiger partial charge in [-0.15, -0.1) is 0 Å². The summed E-state index contributed by atoms with van der Waals surface area (Å²) in [4.78, 5) is 12.3. The van der Waals surface area contributed by atoms with Crippen LogP contribution in [0.25, 0.3) is 0 Å². The van der Waals surface area contributed by atoms with Gasteiger partial charge in [-0.3, -0.25) is 9.52 Å². The molecule has 0 radical (unpaired) electrons. The number of sulfonamides is 1. The van der Waals surface area contributed by atoms with Crippen LogP contribution in [-0.2, 0) is 10.0 Å². The molecule has 0 bridgehead atoms. The molecule has 0 fully saturated rings. The second-order valence-corrected chi connectivity index (χ2v) is 8.50. The van der Waals surface area contributed by atoms with Crippen LogP contribution in [0.3, 0.4) is 0 Å². The minimum Gasteiger partial charge on any atom is -0.322 e. The number of rotatable bonds is 5. The third-order valence-corrected chi connectivity index (χ3v) is 5.97. The van der Waals surface area contributed by atoms with Crippen molar-refractivity contribution in [3.63, 3.8) is 0 Å². The Morgan fingerprint density at radius 2 is 1.54 bits per heavy atom. The van der Waals surface area contributed by atoms with Crippen LogP contribution in [0.4, 0.5) is 11.4 Å². The fourth-order valence-electron chi connectivity index (χ4n) is 2.52. The summed E-state index contributed by atoms with van der Waals surface area (Å²) in [6.07, 6.45) is 0. The maximum atomic E-state index is 12.7. The van der Waals surface area contributed by atoms with Crippen LogP contribution in [0, 0.1) is 6.92 Å². The van der Waals surface area contributed by atoms with Crippen LogP contribution >= 0.6 is 23.2 Å². The lowest BCUT2D eigenvalue weighted by Gasteiger charge is -2.13. The zero-order valence-electron chi connectivity index (χ0n) is 14.7. The SMILES string of the molecule is Cc1cc(S(=O)(=O)Nc2c(Cl)cccc2Cl)ccc1NC(=O)c1ccccc1. The van der Waals surface area contributed by atoms with Crippen LogP contribution in [-0.4, -0.2) is 14.3 Å². The topological polar surface area (TPSA) is 75.3 Å². The first-order valence-corrected chi connectivity index (χ1v) is 10.5. The molecule has 2 N–H and O–H groups in total. The minimum absolute atomic E-state index is 0.0266. The molecule has 0 aliphatic rings. The Kier molecular flexibility index (Phi) is 5.93. The highest BCUT2D eigenvalue weighted by Crippen LogP contribution is 2.32. The van der Waals surface area contributed by atoms with Gasteiger partial charge >= 0.3 is 0 Å². The van der Waals surface area contributed by atoms with E-state index >= 15 is 0 Å². The van der Waals surface area contributed by atoms with E-state index < -0.39 is 10.0 Å². The van der Waals surface area contributed by atoms with Crippen molar-refractivity contribution in [3.8, 4) is 0 Å². The molecule has 3 aromatic rings. The molecule has 0 unspecified atom stereocenters. The van der Waals surface area contributed by atoms with Crippen LogP contribution in [0.1, 0.15) is 15.9 Å². The molecule has 0 aliphatic heterocycles. The molecular weight excluding hydrogens is 419 g/mol. The lowest BCUT2D eigenvalue weighted by molar-refractivity contribution is 0.102. The Bertz CT molecular complexity index is 1110. The Morgan fingerprint density at radius 1 is 0.893 bits per heavy atom. The largest absolute Gasteiger partial charge is 0.322 e. The summed E-state index contributed by atoms with van der Waals surface area (Å²) in [5.74, 6) is -0.278. The molecule has 3 aromatic carbocycles. The maximum absolute atomic E-state index is 12.7. The molecule has 0 saturated carbocycles. The summed E-state index contributed by atoms with van der Waals surface area (Å²) in [7, 11) is -3.91. The Labute approximate surface area is 173 Å². The van der Waals surface area contributed by atoms with E-state index in [1.165, 1.54) is 12.1 Å². The highest BCUT2D eigenvalue weighted by Gasteiger charge is 2.19. The Hall–Kier alpha value is -2.54. The Balaban J connectivity index is 1.84. The summed E-state index contributed by atoms with van der Waals surface area (Å²) in [6, 6.07) is 17.9. The number of para-hydroxylation sites is 1. The molecule has 0 spiro atoms. The molecule has 0 aliphatic carbocycles. The average molecular weight is 435 g/mol. The average Bonchev–Trinajstić information content (AvgIpc) is 2.67. The molecule has 0 heterocycles. The second kappa shape index (κ2) is 8.22. The van der Waals surface area contributed by atoms with E-state index in [1.807, 2.05) is 6.07 Å². The molecule has 8 heteroatoms. The predicted octanol–water partition coefficient (Wildman–Crippen LogP) is 5.35. The third kappa shape index (κ3) is 4.47. The summed E-state index contributed by atoms with van der Waals surface area (Å²) in [5.41, 5.74) is 1.74. The number of nitrogens with one attached hydrogen (secondary N) is 2. The normalized spacial score (nSPS) is 11.1. The second-order valence-electron chi connectivity index (χ2n) is 6.00. The van der Waals surface area contributed by atoms with E-state index in [0.717, 1.165) is 0 Å². The van der Waals surface area contributed by atoms with E-state index in [0.29, 0.717) is 16.8 Å². The fraction of sp³-hybridized carbons (Fsp3) is 0.0500. The fourth-order valence-corrected chi connectivity index (χ4v) is 4.31. The first-order valence-electron chi connectivity index (χ1n) is 8.22. The van der Waals surface area contributed by atoms with Gasteiger partial charge in [-0.25, -0.2) is 8.42 Å². The van der Waals surface area contributed by atoms with E-state index in [9.17, 15) is 13.2 Å². The molecule has 0 saturated heterocycles. The number of amides is 1. The third-order valence-electron chi connectivity index (χ3n) is 3.99. The lowest BCUT2D eigenvalue weighted by atomic mass is 10.1. The molecule has 3 rings (SSSR count). The summed E-state index contributed by atoms with van der Waals surface area (Å²) < 4.78 is 27.8. The van der Waals surface area contributed by atoms with Gasteiger partial charge in [0, 0.05) is 11.3 Å². The van der Waals surface area contributed by atoms with Crippen molar-refractivity contribution >= 4 is 50.5 Å². The van der Waals surface area contributed by atoms with Crippen LogP contribution in [0.5, 0.6) is 0 Å². The van der Waals surface area contributed by atoms with Crippen molar-refractivity contribution in [2.75, 3.05) is 10.0 Å². The number of benzene rings is 3. The van der Waals surface area contributed by atoms with Gasteiger partial charge in [0.2, 0.25) is 0 Å². The van der Waals surface area contributed by atoms with Crippen molar-refractivity contribution in [3.05, 3.63) is 87.9 Å². The summed E-state index contributed by atoms with van der Waals surface area (Å²) in [5, 5.41) is 3.16. The molecule has 28 heavy (non-hydrogen) atoms. The zero-order valence-corrected chi connectivity index (χ0v) is 17.1. The van der Waals surface area contributed by atoms with Gasteiger partial charge in [0.25, 0.3) is 15.9 Å². The first kappa shape index (κ1) is 20.2. The van der Waals surface area contributed by atoms with Gasteiger partial charge in [-0.2, -0.15) is 0 Å². The number of anilines is 2. The monoisotopic (exact) mass is 434 g/mol. The van der Waals surface area contributed by atoms with E-state index in [2.05, 4.69) is 10.0 Å². The van der Waals surface area contributed by atoms with E-state index in [1.54, 1.807) is 55.5 Å². The summed E-state index contributed by atoms with van der Waals surface area (Å²) in [6.45, 7) is 1.71. The molecule has 5 nitrogen and oxygen atoms in total. The van der Waals surface area contributed by atoms with Gasteiger partial charge in [-0.05, 0) is 55.0 Å². The number of halogens is 2. The van der Waals surface area contributed by atoms with E-state index in [4.69, 9.17) is 23.2 Å². The van der Waals surface area contributed by atoms with Crippen molar-refractivity contribution < 1.29 is 13.2 Å². The molecule has 0 atom stereocenters. The number of carbonyl (C=O) groups is 1. The van der Waals surface area contributed by atoms with Crippen LogP contribution in [0.15, 0.2) is 71.6 Å². The number of carbonyl (C=O) groups excluding carboxylic acids is 1. The number of hydrogen-bond acceptors (Lipinski definition) is 3. The molecule has 144 valence electrons. The Morgan fingerprint density at radius 3 is 2.14 bits per heavy atom. The number of aryl methyl sites for hydroxylation is 1. The number of hydrogen-bond donors (Lipinski definition) is 2. The summed E-state index contributed by atoms with van der Waals surface area (Å²) >= 11 is 12.1. The smallest absolute Gasteiger partial charge is 0.261 e. The predicted molar refractivity (Wildman–Crippen MR) is 113 cm³/mol. The molecule has 0 aromatic heterocycles.